The molecule has 5 heteroatoms. The Kier molecular flexibility index (Phi) is 6.08. The number of benzene rings is 1. The third-order valence-electron chi connectivity index (χ3n) is 5.01. The fraction of sp³-hybridized carbons (Fsp3) is 0.600. The average Bonchev–Trinajstić information content (AvgIpc) is 3.46. The van der Waals surface area contributed by atoms with Crippen LogP contribution in [-0.4, -0.2) is 53.5 Å². The number of esters is 1. The molecule has 1 saturated heterocycles. The van der Waals surface area contributed by atoms with Crippen LogP contribution in [0.3, 0.4) is 0 Å². The zero-order valence-corrected chi connectivity index (χ0v) is 15.0. The molecular weight excluding hydrogens is 316 g/mol. The van der Waals surface area contributed by atoms with Gasteiger partial charge in [0.05, 0.1) is 13.2 Å². The Hall–Kier alpha value is -1.88. The van der Waals surface area contributed by atoms with Crippen molar-refractivity contribution in [2.75, 3.05) is 19.7 Å². The SMILES string of the molecule is CCOC(=O)C1CCCCN1CC(=O)N(Cc1ccccc1)C1CC1. The van der Waals surface area contributed by atoms with Crippen molar-refractivity contribution in [2.45, 2.75) is 57.7 Å². The molecule has 25 heavy (non-hydrogen) atoms. The topological polar surface area (TPSA) is 49.9 Å². The van der Waals surface area contributed by atoms with Gasteiger partial charge in [0.1, 0.15) is 6.04 Å². The fourth-order valence-electron chi connectivity index (χ4n) is 3.54. The molecule has 0 N–H and O–H groups in total. The second-order valence-electron chi connectivity index (χ2n) is 6.97. The van der Waals surface area contributed by atoms with Crippen LogP contribution in [0.15, 0.2) is 30.3 Å². The van der Waals surface area contributed by atoms with Gasteiger partial charge in [-0.25, -0.2) is 0 Å². The number of hydrogen-bond acceptors (Lipinski definition) is 4. The lowest BCUT2D eigenvalue weighted by molar-refractivity contribution is -0.152. The van der Waals surface area contributed by atoms with E-state index in [1.807, 2.05) is 34.9 Å². The van der Waals surface area contributed by atoms with Crippen molar-refractivity contribution >= 4 is 11.9 Å². The van der Waals surface area contributed by atoms with E-state index < -0.39 is 0 Å². The van der Waals surface area contributed by atoms with E-state index in [0.29, 0.717) is 25.7 Å². The van der Waals surface area contributed by atoms with Gasteiger partial charge in [-0.3, -0.25) is 14.5 Å². The number of rotatable bonds is 7. The third-order valence-corrected chi connectivity index (χ3v) is 5.01. The van der Waals surface area contributed by atoms with Crippen LogP contribution < -0.4 is 0 Å². The van der Waals surface area contributed by atoms with Gasteiger partial charge in [0.2, 0.25) is 5.91 Å². The van der Waals surface area contributed by atoms with Crippen molar-refractivity contribution in [3.63, 3.8) is 0 Å². The highest BCUT2D eigenvalue weighted by Gasteiger charge is 2.36. The summed E-state index contributed by atoms with van der Waals surface area (Å²) in [5, 5.41) is 0. The molecule has 1 heterocycles. The molecule has 1 aromatic rings. The molecule has 1 aliphatic carbocycles. The normalized spacial score (nSPS) is 20.9. The highest BCUT2D eigenvalue weighted by Crippen LogP contribution is 2.29. The Morgan fingerprint density at radius 2 is 1.92 bits per heavy atom. The molecule has 136 valence electrons. The number of nitrogens with zero attached hydrogens (tertiary/aromatic N) is 2. The number of carbonyl (C=O) groups is 2. The van der Waals surface area contributed by atoms with E-state index in [9.17, 15) is 9.59 Å². The zero-order valence-electron chi connectivity index (χ0n) is 15.0. The molecule has 0 radical (unpaired) electrons. The Bertz CT molecular complexity index is 586. The molecule has 1 atom stereocenters. The lowest BCUT2D eigenvalue weighted by Crippen LogP contribution is -2.50. The van der Waals surface area contributed by atoms with Crippen LogP contribution >= 0.6 is 0 Å². The van der Waals surface area contributed by atoms with E-state index in [0.717, 1.165) is 44.2 Å². The summed E-state index contributed by atoms with van der Waals surface area (Å²) in [4.78, 5) is 29.2. The first-order chi connectivity index (χ1) is 12.2. The molecule has 1 amide bonds. The summed E-state index contributed by atoms with van der Waals surface area (Å²) in [6, 6.07) is 10.2. The highest BCUT2D eigenvalue weighted by atomic mass is 16.5. The van der Waals surface area contributed by atoms with E-state index in [1.165, 1.54) is 0 Å². The van der Waals surface area contributed by atoms with Gasteiger partial charge < -0.3 is 9.64 Å². The third kappa shape index (κ3) is 4.82. The number of amides is 1. The van der Waals surface area contributed by atoms with Crippen molar-refractivity contribution in [3.05, 3.63) is 35.9 Å². The van der Waals surface area contributed by atoms with Gasteiger partial charge in [-0.1, -0.05) is 36.8 Å². The Morgan fingerprint density at radius 1 is 1.16 bits per heavy atom. The molecule has 1 saturated carbocycles. The van der Waals surface area contributed by atoms with E-state index in [4.69, 9.17) is 4.74 Å². The summed E-state index contributed by atoms with van der Waals surface area (Å²) in [5.74, 6) is -0.0569. The lowest BCUT2D eigenvalue weighted by Gasteiger charge is -2.35. The van der Waals surface area contributed by atoms with Gasteiger partial charge in [-0.05, 0) is 44.7 Å². The molecular formula is C20H28N2O3. The van der Waals surface area contributed by atoms with Gasteiger partial charge in [0.15, 0.2) is 0 Å². The standard InChI is InChI=1S/C20H28N2O3/c1-2-25-20(24)18-10-6-7-13-21(18)15-19(23)22(17-11-12-17)14-16-8-4-3-5-9-16/h3-5,8-9,17-18H,2,6-7,10-15H2,1H3. The minimum atomic E-state index is -0.268. The predicted molar refractivity (Wildman–Crippen MR) is 95.9 cm³/mol. The summed E-state index contributed by atoms with van der Waals surface area (Å²) < 4.78 is 5.20. The summed E-state index contributed by atoms with van der Waals surface area (Å²) >= 11 is 0. The van der Waals surface area contributed by atoms with Gasteiger partial charge in [-0.15, -0.1) is 0 Å². The number of ether oxygens (including phenoxy) is 1. The first-order valence-corrected chi connectivity index (χ1v) is 9.43. The van der Waals surface area contributed by atoms with Crippen LogP contribution in [0.2, 0.25) is 0 Å². The maximum atomic E-state index is 13.0. The maximum absolute atomic E-state index is 13.0. The summed E-state index contributed by atoms with van der Waals surface area (Å²) in [6.45, 7) is 3.97. The number of hydrogen-bond donors (Lipinski definition) is 0. The second-order valence-corrected chi connectivity index (χ2v) is 6.97. The van der Waals surface area contributed by atoms with Gasteiger partial charge in [0.25, 0.3) is 0 Å². The number of likely N-dealkylation sites (tertiary alicyclic amines) is 1. The van der Waals surface area contributed by atoms with E-state index in [2.05, 4.69) is 12.1 Å². The molecule has 1 aliphatic heterocycles. The molecule has 1 unspecified atom stereocenters. The monoisotopic (exact) mass is 344 g/mol. The molecule has 5 nitrogen and oxygen atoms in total. The van der Waals surface area contributed by atoms with Crippen molar-refractivity contribution < 1.29 is 14.3 Å². The van der Waals surface area contributed by atoms with Crippen molar-refractivity contribution in [2.24, 2.45) is 0 Å². The minimum Gasteiger partial charge on any atom is -0.465 e. The molecule has 3 rings (SSSR count). The van der Waals surface area contributed by atoms with Crippen LogP contribution in [-0.2, 0) is 20.9 Å². The number of carbonyl (C=O) groups excluding carboxylic acids is 2. The van der Waals surface area contributed by atoms with E-state index in [1.54, 1.807) is 0 Å². The van der Waals surface area contributed by atoms with Crippen LogP contribution in [0.4, 0.5) is 0 Å². The van der Waals surface area contributed by atoms with Crippen LogP contribution in [0, 0.1) is 0 Å². The molecule has 2 fully saturated rings. The molecule has 1 aromatic carbocycles. The van der Waals surface area contributed by atoms with E-state index >= 15 is 0 Å². The predicted octanol–water partition coefficient (Wildman–Crippen LogP) is 2.60. The lowest BCUT2D eigenvalue weighted by atomic mass is 10.0. The molecule has 0 bridgehead atoms. The van der Waals surface area contributed by atoms with E-state index in [-0.39, 0.29) is 17.9 Å². The molecule has 2 aliphatic rings. The summed E-state index contributed by atoms with van der Waals surface area (Å²) in [7, 11) is 0. The van der Waals surface area contributed by atoms with Crippen LogP contribution in [0.5, 0.6) is 0 Å². The summed E-state index contributed by atoms with van der Waals surface area (Å²) in [5.41, 5.74) is 1.16. The molecule has 0 spiro atoms. The van der Waals surface area contributed by atoms with Crippen LogP contribution in [0.1, 0.15) is 44.6 Å². The van der Waals surface area contributed by atoms with Gasteiger partial charge >= 0.3 is 5.97 Å². The maximum Gasteiger partial charge on any atom is 0.323 e. The van der Waals surface area contributed by atoms with Crippen molar-refractivity contribution in [1.29, 1.82) is 0 Å². The Morgan fingerprint density at radius 3 is 2.60 bits per heavy atom. The average molecular weight is 344 g/mol. The first-order valence-electron chi connectivity index (χ1n) is 9.43. The Labute approximate surface area is 149 Å². The number of piperidine rings is 1. The zero-order chi connectivity index (χ0) is 17.6. The van der Waals surface area contributed by atoms with Crippen molar-refractivity contribution in [1.82, 2.24) is 9.80 Å². The summed E-state index contributed by atoms with van der Waals surface area (Å²) in [6.07, 6.45) is 5.00. The Balaban J connectivity index is 1.64. The minimum absolute atomic E-state index is 0.127. The van der Waals surface area contributed by atoms with Gasteiger partial charge in [-0.2, -0.15) is 0 Å². The highest BCUT2D eigenvalue weighted by molar-refractivity contribution is 5.81. The second kappa shape index (κ2) is 8.48. The molecule has 0 aromatic heterocycles. The first kappa shape index (κ1) is 17.9. The fourth-order valence-corrected chi connectivity index (χ4v) is 3.54. The van der Waals surface area contributed by atoms with Crippen LogP contribution in [0.25, 0.3) is 0 Å². The smallest absolute Gasteiger partial charge is 0.323 e. The van der Waals surface area contributed by atoms with Gasteiger partial charge in [0, 0.05) is 12.6 Å². The van der Waals surface area contributed by atoms with Crippen molar-refractivity contribution in [3.8, 4) is 0 Å². The largest absolute Gasteiger partial charge is 0.465 e. The quantitative estimate of drug-likeness (QED) is 0.714.